The molecule has 0 unspecified atom stereocenters. The number of benzene rings is 1. The Labute approximate surface area is 178 Å². The number of carbonyl (C=O) groups is 1. The number of carbonyl (C=O) groups excluding carboxylic acids is 1. The lowest BCUT2D eigenvalue weighted by atomic mass is 10.1. The lowest BCUT2D eigenvalue weighted by molar-refractivity contribution is 0.102. The molecule has 0 fully saturated rings. The van der Waals surface area contributed by atoms with Gasteiger partial charge in [-0.25, -0.2) is 9.37 Å². The standard InChI is InChI=1S/C21H17FN2O2S3/c1-3-15-17(16-5-4-8-27-16)18-19(26)23-21(24-20(18)29-15)28-10-14(25)12-6-7-13(22)11(2)9-12/h4-9H,3,10H2,1-2H3,(H,23,24,26). The molecule has 0 radical (unpaired) electrons. The van der Waals surface area contributed by atoms with Gasteiger partial charge in [0.2, 0.25) is 0 Å². The molecule has 29 heavy (non-hydrogen) atoms. The molecule has 3 heterocycles. The number of thioether (sulfide) groups is 1. The summed E-state index contributed by atoms with van der Waals surface area (Å²) in [5.74, 6) is -0.360. The summed E-state index contributed by atoms with van der Waals surface area (Å²) in [5.41, 5.74) is 1.65. The normalized spacial score (nSPS) is 11.3. The van der Waals surface area contributed by atoms with Crippen LogP contribution in [-0.2, 0) is 6.42 Å². The summed E-state index contributed by atoms with van der Waals surface area (Å²) < 4.78 is 13.4. The third kappa shape index (κ3) is 3.92. The van der Waals surface area contributed by atoms with Crippen molar-refractivity contribution in [3.8, 4) is 10.4 Å². The average molecular weight is 445 g/mol. The third-order valence-electron chi connectivity index (χ3n) is 4.52. The number of aromatic nitrogens is 2. The van der Waals surface area contributed by atoms with Crippen molar-refractivity contribution in [2.45, 2.75) is 25.4 Å². The van der Waals surface area contributed by atoms with Crippen LogP contribution in [0.25, 0.3) is 20.7 Å². The number of Topliss-reactive ketones (excluding diaryl/α,β-unsaturated/α-hetero) is 1. The van der Waals surface area contributed by atoms with Crippen molar-refractivity contribution >= 4 is 50.4 Å². The zero-order chi connectivity index (χ0) is 20.5. The molecule has 0 saturated carbocycles. The van der Waals surface area contributed by atoms with Gasteiger partial charge in [0.1, 0.15) is 10.6 Å². The van der Waals surface area contributed by atoms with E-state index < -0.39 is 0 Å². The molecule has 0 aliphatic heterocycles. The molecular weight excluding hydrogens is 427 g/mol. The highest BCUT2D eigenvalue weighted by Crippen LogP contribution is 2.39. The molecule has 0 aliphatic carbocycles. The molecule has 4 aromatic rings. The van der Waals surface area contributed by atoms with Gasteiger partial charge in [0.15, 0.2) is 10.9 Å². The zero-order valence-electron chi connectivity index (χ0n) is 15.7. The van der Waals surface area contributed by atoms with Gasteiger partial charge in [0, 0.05) is 20.9 Å². The van der Waals surface area contributed by atoms with Gasteiger partial charge in [-0.05, 0) is 48.6 Å². The lowest BCUT2D eigenvalue weighted by Gasteiger charge is -2.04. The predicted octanol–water partition coefficient (Wildman–Crippen LogP) is 5.70. The quantitative estimate of drug-likeness (QED) is 0.235. The molecule has 8 heteroatoms. The summed E-state index contributed by atoms with van der Waals surface area (Å²) in [4.78, 5) is 35.5. The van der Waals surface area contributed by atoms with E-state index in [0.29, 0.717) is 26.5 Å². The lowest BCUT2D eigenvalue weighted by Crippen LogP contribution is -2.10. The predicted molar refractivity (Wildman–Crippen MR) is 119 cm³/mol. The number of aromatic amines is 1. The largest absolute Gasteiger partial charge is 0.301 e. The number of ketones is 1. The van der Waals surface area contributed by atoms with E-state index in [4.69, 9.17) is 0 Å². The first-order chi connectivity index (χ1) is 14.0. The fourth-order valence-corrected chi connectivity index (χ4v) is 5.88. The number of thiophene rings is 2. The number of nitrogens with zero attached hydrogens (tertiary/aromatic N) is 1. The molecular formula is C21H17FN2O2S3. The van der Waals surface area contributed by atoms with Crippen LogP contribution in [0.2, 0.25) is 0 Å². The molecule has 3 aromatic heterocycles. The number of aryl methyl sites for hydroxylation is 2. The maximum absolute atomic E-state index is 13.4. The topological polar surface area (TPSA) is 62.8 Å². The summed E-state index contributed by atoms with van der Waals surface area (Å²) in [6, 6.07) is 8.29. The Bertz CT molecular complexity index is 1260. The van der Waals surface area contributed by atoms with E-state index in [1.54, 1.807) is 18.3 Å². The number of halogens is 1. The van der Waals surface area contributed by atoms with Crippen molar-refractivity contribution in [1.82, 2.24) is 9.97 Å². The molecule has 0 amide bonds. The summed E-state index contributed by atoms with van der Waals surface area (Å²) in [7, 11) is 0. The van der Waals surface area contributed by atoms with E-state index in [2.05, 4.69) is 16.9 Å². The van der Waals surface area contributed by atoms with E-state index in [1.165, 1.54) is 41.3 Å². The van der Waals surface area contributed by atoms with Crippen LogP contribution in [0, 0.1) is 12.7 Å². The van der Waals surface area contributed by atoms with Crippen molar-refractivity contribution in [3.63, 3.8) is 0 Å². The second-order valence-electron chi connectivity index (χ2n) is 6.46. The number of hydrogen-bond acceptors (Lipinski definition) is 6. The number of rotatable bonds is 6. The molecule has 0 aliphatic rings. The number of fused-ring (bicyclic) bond motifs is 1. The molecule has 0 saturated heterocycles. The fourth-order valence-electron chi connectivity index (χ4n) is 3.07. The second-order valence-corrected chi connectivity index (χ2v) is 9.45. The van der Waals surface area contributed by atoms with E-state index >= 15 is 0 Å². The molecule has 1 N–H and O–H groups in total. The average Bonchev–Trinajstić information content (AvgIpc) is 3.35. The zero-order valence-corrected chi connectivity index (χ0v) is 18.2. The molecule has 4 nitrogen and oxygen atoms in total. The van der Waals surface area contributed by atoms with Gasteiger partial charge in [-0.2, -0.15) is 0 Å². The summed E-state index contributed by atoms with van der Waals surface area (Å²) in [6.07, 6.45) is 0.818. The van der Waals surface area contributed by atoms with Crippen LogP contribution in [0.3, 0.4) is 0 Å². The van der Waals surface area contributed by atoms with E-state index in [-0.39, 0.29) is 22.9 Å². The summed E-state index contributed by atoms with van der Waals surface area (Å²) >= 11 is 4.30. The highest BCUT2D eigenvalue weighted by atomic mass is 32.2. The molecule has 0 atom stereocenters. The molecule has 148 valence electrons. The number of hydrogen-bond donors (Lipinski definition) is 1. The van der Waals surface area contributed by atoms with Crippen LogP contribution in [0.1, 0.15) is 27.7 Å². The van der Waals surface area contributed by atoms with Crippen molar-refractivity contribution in [3.05, 3.63) is 67.9 Å². The Kier molecular flexibility index (Phi) is 5.67. The first kappa shape index (κ1) is 20.0. The van der Waals surface area contributed by atoms with Crippen LogP contribution in [0.5, 0.6) is 0 Å². The van der Waals surface area contributed by atoms with E-state index in [1.807, 2.05) is 17.5 Å². The molecule has 4 rings (SSSR count). The second kappa shape index (κ2) is 8.22. The van der Waals surface area contributed by atoms with Crippen molar-refractivity contribution in [2.24, 2.45) is 0 Å². The monoisotopic (exact) mass is 444 g/mol. The molecule has 0 bridgehead atoms. The highest BCUT2D eigenvalue weighted by molar-refractivity contribution is 7.99. The van der Waals surface area contributed by atoms with E-state index in [9.17, 15) is 14.0 Å². The molecule has 0 spiro atoms. The van der Waals surface area contributed by atoms with Gasteiger partial charge in [-0.3, -0.25) is 9.59 Å². The maximum Gasteiger partial charge on any atom is 0.260 e. The minimum Gasteiger partial charge on any atom is -0.301 e. The van der Waals surface area contributed by atoms with Crippen LogP contribution in [-0.4, -0.2) is 21.5 Å². The van der Waals surface area contributed by atoms with Gasteiger partial charge < -0.3 is 4.98 Å². The number of nitrogens with one attached hydrogen (secondary N) is 1. The Hall–Kier alpha value is -2.29. The Morgan fingerprint density at radius 1 is 1.31 bits per heavy atom. The van der Waals surface area contributed by atoms with Crippen LogP contribution in [0.15, 0.2) is 45.7 Å². The van der Waals surface area contributed by atoms with Gasteiger partial charge in [0.05, 0.1) is 11.1 Å². The summed E-state index contributed by atoms with van der Waals surface area (Å²) in [6.45, 7) is 3.69. The Balaban J connectivity index is 1.63. The third-order valence-corrected chi connectivity index (χ3v) is 7.51. The first-order valence-electron chi connectivity index (χ1n) is 8.99. The van der Waals surface area contributed by atoms with Crippen LogP contribution >= 0.6 is 34.4 Å². The van der Waals surface area contributed by atoms with Crippen LogP contribution < -0.4 is 5.56 Å². The summed E-state index contributed by atoms with van der Waals surface area (Å²) in [5, 5.41) is 3.02. The van der Waals surface area contributed by atoms with E-state index in [0.717, 1.165) is 21.7 Å². The molecule has 1 aromatic carbocycles. The van der Waals surface area contributed by atoms with Crippen LogP contribution in [0.4, 0.5) is 4.39 Å². The van der Waals surface area contributed by atoms with Crippen molar-refractivity contribution in [1.29, 1.82) is 0 Å². The smallest absolute Gasteiger partial charge is 0.260 e. The minimum atomic E-state index is -0.336. The van der Waals surface area contributed by atoms with Gasteiger partial charge in [-0.1, -0.05) is 24.8 Å². The minimum absolute atomic E-state index is 0.114. The van der Waals surface area contributed by atoms with Gasteiger partial charge in [0.25, 0.3) is 5.56 Å². The van der Waals surface area contributed by atoms with Gasteiger partial charge in [-0.15, -0.1) is 22.7 Å². The maximum atomic E-state index is 13.4. The Morgan fingerprint density at radius 2 is 2.14 bits per heavy atom. The Morgan fingerprint density at radius 3 is 2.83 bits per heavy atom. The van der Waals surface area contributed by atoms with Crippen molar-refractivity contribution < 1.29 is 9.18 Å². The first-order valence-corrected chi connectivity index (χ1v) is 11.7. The number of H-pyrrole nitrogens is 1. The van der Waals surface area contributed by atoms with Gasteiger partial charge >= 0.3 is 0 Å². The van der Waals surface area contributed by atoms with Crippen molar-refractivity contribution in [2.75, 3.05) is 5.75 Å². The SMILES string of the molecule is CCc1sc2nc(SCC(=O)c3ccc(F)c(C)c3)[nH]c(=O)c2c1-c1cccs1. The fraction of sp³-hybridized carbons (Fsp3) is 0.190. The highest BCUT2D eigenvalue weighted by Gasteiger charge is 2.19.